The standard InChI is InChI=1S/C48H33N3S/c1-5-15-34(16-6-1)49(35-17-7-2-8-18-35)38-25-27-39(28-26-38)51-44-31-29-40(50(36-19-9-3-10-20-36)37-21-11-4-12-22-37)33-43(44)47-45(51)32-30-42-41-23-13-14-24-46(41)52-48(42)47/h1-33H. The van der Waals surface area contributed by atoms with Crippen LogP contribution in [-0.4, -0.2) is 4.57 Å². The molecule has 246 valence electrons. The van der Waals surface area contributed by atoms with Crippen LogP contribution in [0.1, 0.15) is 0 Å². The van der Waals surface area contributed by atoms with Gasteiger partial charge in [-0.05, 0) is 103 Å². The number of anilines is 6. The maximum absolute atomic E-state index is 2.44. The molecule has 10 aromatic rings. The predicted molar refractivity (Wildman–Crippen MR) is 223 cm³/mol. The maximum Gasteiger partial charge on any atom is 0.0555 e. The second-order valence-electron chi connectivity index (χ2n) is 13.0. The van der Waals surface area contributed by atoms with E-state index in [1.165, 1.54) is 42.0 Å². The van der Waals surface area contributed by atoms with E-state index in [-0.39, 0.29) is 0 Å². The molecule has 0 radical (unpaired) electrons. The van der Waals surface area contributed by atoms with Gasteiger partial charge in [0.25, 0.3) is 0 Å². The molecule has 0 aliphatic heterocycles. The summed E-state index contributed by atoms with van der Waals surface area (Å²) >= 11 is 1.89. The second kappa shape index (κ2) is 12.6. The summed E-state index contributed by atoms with van der Waals surface area (Å²) in [4.78, 5) is 4.66. The van der Waals surface area contributed by atoms with Gasteiger partial charge in [-0.3, -0.25) is 0 Å². The maximum atomic E-state index is 2.44. The zero-order valence-corrected chi connectivity index (χ0v) is 29.1. The number of para-hydroxylation sites is 4. The fourth-order valence-corrected chi connectivity index (χ4v) is 8.90. The molecular formula is C48H33N3S. The lowest BCUT2D eigenvalue weighted by atomic mass is 10.1. The van der Waals surface area contributed by atoms with Crippen molar-refractivity contribution in [1.82, 2.24) is 4.57 Å². The van der Waals surface area contributed by atoms with Crippen LogP contribution in [0, 0.1) is 0 Å². The Bertz CT molecular complexity index is 2750. The van der Waals surface area contributed by atoms with Crippen LogP contribution in [0.2, 0.25) is 0 Å². The summed E-state index contributed by atoms with van der Waals surface area (Å²) in [7, 11) is 0. The zero-order chi connectivity index (χ0) is 34.4. The Kier molecular flexibility index (Phi) is 7.33. The number of fused-ring (bicyclic) bond motifs is 7. The van der Waals surface area contributed by atoms with Crippen LogP contribution in [-0.2, 0) is 0 Å². The van der Waals surface area contributed by atoms with Crippen LogP contribution in [0.4, 0.5) is 34.1 Å². The van der Waals surface area contributed by atoms with E-state index in [1.54, 1.807) is 0 Å². The minimum Gasteiger partial charge on any atom is -0.311 e. The lowest BCUT2D eigenvalue weighted by Gasteiger charge is -2.26. The van der Waals surface area contributed by atoms with Gasteiger partial charge >= 0.3 is 0 Å². The molecule has 0 N–H and O–H groups in total. The first-order valence-electron chi connectivity index (χ1n) is 17.6. The van der Waals surface area contributed by atoms with Crippen molar-refractivity contribution in [2.24, 2.45) is 0 Å². The van der Waals surface area contributed by atoms with Crippen molar-refractivity contribution < 1.29 is 0 Å². The Morgan fingerprint density at radius 2 is 0.808 bits per heavy atom. The molecule has 3 nitrogen and oxygen atoms in total. The average molecular weight is 684 g/mol. The molecule has 0 unspecified atom stereocenters. The number of hydrogen-bond acceptors (Lipinski definition) is 3. The number of aromatic nitrogens is 1. The molecule has 10 rings (SSSR count). The molecule has 0 atom stereocenters. The number of hydrogen-bond donors (Lipinski definition) is 0. The highest BCUT2D eigenvalue weighted by atomic mass is 32.1. The Balaban J connectivity index is 1.20. The molecule has 0 fully saturated rings. The summed E-state index contributed by atoms with van der Waals surface area (Å²) in [6, 6.07) is 71.8. The molecule has 0 saturated carbocycles. The third kappa shape index (κ3) is 5.04. The van der Waals surface area contributed by atoms with Crippen LogP contribution < -0.4 is 9.80 Å². The van der Waals surface area contributed by atoms with Gasteiger partial charge in [0, 0.05) is 70.8 Å². The minimum absolute atomic E-state index is 1.11. The third-order valence-electron chi connectivity index (χ3n) is 9.94. The number of benzene rings is 8. The summed E-state index contributed by atoms with van der Waals surface area (Å²) in [5.41, 5.74) is 10.2. The SMILES string of the molecule is c1ccc(N(c2ccccc2)c2ccc(-n3c4ccc(N(c5ccccc5)c5ccccc5)cc4c4c5sc6ccccc6c5ccc43)cc2)cc1. The lowest BCUT2D eigenvalue weighted by molar-refractivity contribution is 1.17. The second-order valence-corrected chi connectivity index (χ2v) is 14.1. The molecule has 0 amide bonds. The van der Waals surface area contributed by atoms with Gasteiger partial charge in [0.05, 0.1) is 11.0 Å². The fourth-order valence-electron chi connectivity index (χ4n) is 7.64. The Morgan fingerprint density at radius 1 is 0.346 bits per heavy atom. The molecule has 4 heteroatoms. The fraction of sp³-hybridized carbons (Fsp3) is 0. The quantitative estimate of drug-likeness (QED) is 0.166. The Labute approximate surface area is 306 Å². The average Bonchev–Trinajstić information content (AvgIpc) is 3.76. The molecular weight excluding hydrogens is 651 g/mol. The van der Waals surface area contributed by atoms with E-state index in [0.717, 1.165) is 39.8 Å². The first kappa shape index (κ1) is 30.2. The highest BCUT2D eigenvalue weighted by Gasteiger charge is 2.21. The van der Waals surface area contributed by atoms with Gasteiger partial charge < -0.3 is 14.4 Å². The highest BCUT2D eigenvalue weighted by Crippen LogP contribution is 2.46. The van der Waals surface area contributed by atoms with E-state index in [9.17, 15) is 0 Å². The van der Waals surface area contributed by atoms with Gasteiger partial charge in [-0.2, -0.15) is 0 Å². The Morgan fingerprint density at radius 3 is 1.38 bits per heavy atom. The summed E-state index contributed by atoms with van der Waals surface area (Å²) in [5.74, 6) is 0. The number of nitrogens with zero attached hydrogens (tertiary/aromatic N) is 3. The van der Waals surface area contributed by atoms with Crippen molar-refractivity contribution in [2.75, 3.05) is 9.80 Å². The normalized spacial score (nSPS) is 11.5. The summed E-state index contributed by atoms with van der Waals surface area (Å²) in [5, 5.41) is 5.14. The van der Waals surface area contributed by atoms with E-state index in [4.69, 9.17) is 0 Å². The molecule has 2 heterocycles. The van der Waals surface area contributed by atoms with Gasteiger partial charge in [-0.15, -0.1) is 11.3 Å². The molecule has 0 spiro atoms. The minimum atomic E-state index is 1.11. The molecule has 0 aliphatic rings. The van der Waals surface area contributed by atoms with Crippen LogP contribution >= 0.6 is 11.3 Å². The van der Waals surface area contributed by atoms with Crippen molar-refractivity contribution in [3.63, 3.8) is 0 Å². The third-order valence-corrected chi connectivity index (χ3v) is 11.1. The lowest BCUT2D eigenvalue weighted by Crippen LogP contribution is -2.10. The van der Waals surface area contributed by atoms with Crippen molar-refractivity contribution in [3.8, 4) is 5.69 Å². The largest absolute Gasteiger partial charge is 0.311 e. The van der Waals surface area contributed by atoms with Crippen molar-refractivity contribution >= 4 is 87.4 Å². The summed E-state index contributed by atoms with van der Waals surface area (Å²) in [6.07, 6.45) is 0. The predicted octanol–water partition coefficient (Wildman–Crippen LogP) is 14.1. The molecule has 0 aliphatic carbocycles. The summed E-state index contributed by atoms with van der Waals surface area (Å²) < 4.78 is 5.07. The topological polar surface area (TPSA) is 11.4 Å². The number of rotatable bonds is 7. The van der Waals surface area contributed by atoms with Crippen molar-refractivity contribution in [1.29, 1.82) is 0 Å². The van der Waals surface area contributed by atoms with E-state index >= 15 is 0 Å². The van der Waals surface area contributed by atoms with E-state index in [1.807, 2.05) is 11.3 Å². The first-order valence-corrected chi connectivity index (χ1v) is 18.4. The molecule has 8 aromatic carbocycles. The van der Waals surface area contributed by atoms with Crippen molar-refractivity contribution in [3.05, 3.63) is 200 Å². The van der Waals surface area contributed by atoms with Gasteiger partial charge in [0.2, 0.25) is 0 Å². The van der Waals surface area contributed by atoms with Crippen LogP contribution in [0.15, 0.2) is 200 Å². The van der Waals surface area contributed by atoms with Crippen LogP contribution in [0.25, 0.3) is 47.7 Å². The highest BCUT2D eigenvalue weighted by molar-refractivity contribution is 7.26. The van der Waals surface area contributed by atoms with Crippen LogP contribution in [0.3, 0.4) is 0 Å². The summed E-state index contributed by atoms with van der Waals surface area (Å²) in [6.45, 7) is 0. The van der Waals surface area contributed by atoms with Gasteiger partial charge in [0.15, 0.2) is 0 Å². The molecule has 2 aromatic heterocycles. The zero-order valence-electron chi connectivity index (χ0n) is 28.3. The number of thiophene rings is 1. The monoisotopic (exact) mass is 683 g/mol. The van der Waals surface area contributed by atoms with Gasteiger partial charge in [-0.1, -0.05) is 97.1 Å². The Hall–Kier alpha value is -6.62. The smallest absolute Gasteiger partial charge is 0.0555 e. The molecule has 0 bridgehead atoms. The first-order chi connectivity index (χ1) is 25.8. The van der Waals surface area contributed by atoms with E-state index in [2.05, 4.69) is 215 Å². The molecule has 52 heavy (non-hydrogen) atoms. The van der Waals surface area contributed by atoms with E-state index in [0.29, 0.717) is 0 Å². The molecule has 0 saturated heterocycles. The van der Waals surface area contributed by atoms with Crippen LogP contribution in [0.5, 0.6) is 0 Å². The van der Waals surface area contributed by atoms with Gasteiger partial charge in [-0.25, -0.2) is 0 Å². The van der Waals surface area contributed by atoms with E-state index < -0.39 is 0 Å². The van der Waals surface area contributed by atoms with Crippen molar-refractivity contribution in [2.45, 2.75) is 0 Å². The van der Waals surface area contributed by atoms with Gasteiger partial charge in [0.1, 0.15) is 0 Å².